The molecule has 1 N–H and O–H groups in total. The number of alkyl halides is 3. The van der Waals surface area contributed by atoms with E-state index in [-0.39, 0.29) is 24.0 Å². The first-order chi connectivity index (χ1) is 20.0. The molecule has 0 unspecified atom stereocenters. The van der Waals surface area contributed by atoms with E-state index in [1.54, 1.807) is 36.7 Å². The summed E-state index contributed by atoms with van der Waals surface area (Å²) in [7, 11) is 0.229. The number of aromatic nitrogens is 3. The standard InChI is InChI=1S/C29H30F3N7O2S/c1-37(2)13-14-38-19-22(16-33)26-15-21(17-35-28(26)38)20-3-6-25(7-4-20)42(40,41)39-11-9-24(10-12-39)36-27-8-5-23(18-34-27)29(30,31)32/h3-8,15,17-19,24H,9-14H2,1-2H3,(H,34,36). The summed E-state index contributed by atoms with van der Waals surface area (Å²) in [4.78, 5) is 10.7. The number of hydrogen-bond donors (Lipinski definition) is 1. The first-order valence-electron chi connectivity index (χ1n) is 13.4. The molecular weight excluding hydrogens is 567 g/mol. The largest absolute Gasteiger partial charge is 0.417 e. The van der Waals surface area contributed by atoms with Gasteiger partial charge in [0.1, 0.15) is 17.5 Å². The van der Waals surface area contributed by atoms with Gasteiger partial charge in [-0.1, -0.05) is 12.1 Å². The van der Waals surface area contributed by atoms with Crippen LogP contribution in [0.5, 0.6) is 0 Å². The smallest absolute Gasteiger partial charge is 0.367 e. The minimum Gasteiger partial charge on any atom is -0.367 e. The van der Waals surface area contributed by atoms with Crippen LogP contribution in [0.2, 0.25) is 0 Å². The Hall–Kier alpha value is -3.99. The van der Waals surface area contributed by atoms with Gasteiger partial charge in [-0.15, -0.1) is 0 Å². The van der Waals surface area contributed by atoms with Gasteiger partial charge in [0.25, 0.3) is 0 Å². The van der Waals surface area contributed by atoms with Crippen molar-refractivity contribution in [1.82, 2.24) is 23.7 Å². The first kappa shape index (κ1) is 29.5. The Morgan fingerprint density at radius 3 is 2.36 bits per heavy atom. The van der Waals surface area contributed by atoms with Crippen molar-refractivity contribution < 1.29 is 21.6 Å². The van der Waals surface area contributed by atoms with Gasteiger partial charge >= 0.3 is 6.18 Å². The van der Waals surface area contributed by atoms with Crippen molar-refractivity contribution >= 4 is 26.9 Å². The van der Waals surface area contributed by atoms with Crippen LogP contribution in [0.15, 0.2) is 66.0 Å². The molecule has 1 aliphatic rings. The zero-order valence-electron chi connectivity index (χ0n) is 23.1. The zero-order valence-corrected chi connectivity index (χ0v) is 24.0. The summed E-state index contributed by atoms with van der Waals surface area (Å²) in [6.07, 6.45) is 0.835. The van der Waals surface area contributed by atoms with Crippen LogP contribution in [0.4, 0.5) is 19.0 Å². The Morgan fingerprint density at radius 2 is 1.76 bits per heavy atom. The lowest BCUT2D eigenvalue weighted by Crippen LogP contribution is -2.42. The molecule has 1 aromatic carbocycles. The maximum Gasteiger partial charge on any atom is 0.417 e. The number of fused-ring (bicyclic) bond motifs is 1. The molecule has 0 saturated carbocycles. The Bertz CT molecular complexity index is 1700. The highest BCUT2D eigenvalue weighted by Gasteiger charge is 2.32. The van der Waals surface area contributed by atoms with Crippen molar-refractivity contribution in [1.29, 1.82) is 5.26 Å². The number of pyridine rings is 2. The van der Waals surface area contributed by atoms with Gasteiger partial charge in [-0.2, -0.15) is 22.7 Å². The highest BCUT2D eigenvalue weighted by Crippen LogP contribution is 2.30. The fourth-order valence-corrected chi connectivity index (χ4v) is 6.43. The molecule has 0 aliphatic carbocycles. The molecular formula is C29H30F3N7O2S. The number of hydrogen-bond acceptors (Lipinski definition) is 7. The molecule has 0 amide bonds. The third-order valence-electron chi connectivity index (χ3n) is 7.34. The summed E-state index contributed by atoms with van der Waals surface area (Å²) in [5, 5.41) is 13.5. The van der Waals surface area contributed by atoms with E-state index in [9.17, 15) is 26.9 Å². The maximum absolute atomic E-state index is 13.3. The van der Waals surface area contributed by atoms with E-state index in [1.807, 2.05) is 24.7 Å². The van der Waals surface area contributed by atoms with Crippen LogP contribution in [-0.2, 0) is 22.7 Å². The minimum atomic E-state index is -4.45. The predicted octanol–water partition coefficient (Wildman–Crippen LogP) is 4.82. The maximum atomic E-state index is 13.3. The monoisotopic (exact) mass is 597 g/mol. The van der Waals surface area contributed by atoms with Gasteiger partial charge in [-0.25, -0.2) is 18.4 Å². The lowest BCUT2D eigenvalue weighted by atomic mass is 10.1. The number of anilines is 1. The second-order valence-corrected chi connectivity index (χ2v) is 12.5. The Morgan fingerprint density at radius 1 is 1.05 bits per heavy atom. The van der Waals surface area contributed by atoms with E-state index >= 15 is 0 Å². The molecule has 0 atom stereocenters. The third-order valence-corrected chi connectivity index (χ3v) is 9.26. The molecule has 1 saturated heterocycles. The normalized spacial score (nSPS) is 15.3. The summed E-state index contributed by atoms with van der Waals surface area (Å²) in [6, 6.07) is 12.9. The predicted molar refractivity (Wildman–Crippen MR) is 153 cm³/mol. The van der Waals surface area contributed by atoms with E-state index in [1.165, 1.54) is 10.4 Å². The van der Waals surface area contributed by atoms with E-state index in [2.05, 4.69) is 26.3 Å². The van der Waals surface area contributed by atoms with Gasteiger partial charge in [0.15, 0.2) is 0 Å². The minimum absolute atomic E-state index is 0.110. The van der Waals surface area contributed by atoms with Gasteiger partial charge in [0, 0.05) is 61.8 Å². The molecule has 0 bridgehead atoms. The van der Waals surface area contributed by atoms with E-state index in [4.69, 9.17) is 0 Å². The number of rotatable bonds is 8. The average Bonchev–Trinajstić information content (AvgIpc) is 3.33. The van der Waals surface area contributed by atoms with E-state index < -0.39 is 21.8 Å². The molecule has 0 spiro atoms. The van der Waals surface area contributed by atoms with Crippen LogP contribution in [0.25, 0.3) is 22.2 Å². The number of likely N-dealkylation sites (N-methyl/N-ethyl adjacent to an activating group) is 1. The SMILES string of the molecule is CN(C)CCn1cc(C#N)c2cc(-c3ccc(S(=O)(=O)N4CCC(Nc5ccc(C(F)(F)F)cn5)CC4)cc3)cnc21. The van der Waals surface area contributed by atoms with E-state index in [0.29, 0.717) is 30.8 Å². The Labute approximate surface area is 242 Å². The van der Waals surface area contributed by atoms with Crippen molar-refractivity contribution in [2.75, 3.05) is 39.0 Å². The molecule has 9 nitrogen and oxygen atoms in total. The second-order valence-electron chi connectivity index (χ2n) is 10.5. The lowest BCUT2D eigenvalue weighted by molar-refractivity contribution is -0.137. The van der Waals surface area contributed by atoms with Crippen LogP contribution in [0, 0.1) is 11.3 Å². The van der Waals surface area contributed by atoms with Gasteiger partial charge in [0.2, 0.25) is 10.0 Å². The topological polar surface area (TPSA) is 107 Å². The molecule has 4 heterocycles. The first-order valence-corrected chi connectivity index (χ1v) is 14.8. The van der Waals surface area contributed by atoms with E-state index in [0.717, 1.165) is 41.0 Å². The van der Waals surface area contributed by atoms with Crippen molar-refractivity contribution in [3.63, 3.8) is 0 Å². The number of nitrogens with one attached hydrogen (secondary N) is 1. The van der Waals surface area contributed by atoms with Crippen molar-refractivity contribution in [3.05, 3.63) is 72.2 Å². The Balaban J connectivity index is 1.25. The van der Waals surface area contributed by atoms with Crippen LogP contribution in [0.1, 0.15) is 24.0 Å². The fourth-order valence-electron chi connectivity index (χ4n) is 4.96. The van der Waals surface area contributed by atoms with Gasteiger partial charge in [-0.05, 0) is 62.8 Å². The third kappa shape index (κ3) is 6.25. The molecule has 0 radical (unpaired) electrons. The lowest BCUT2D eigenvalue weighted by Gasteiger charge is -2.32. The molecule has 1 fully saturated rings. The van der Waals surface area contributed by atoms with Gasteiger partial charge in [-0.3, -0.25) is 0 Å². The molecule has 1 aliphatic heterocycles. The molecule has 4 aromatic rings. The number of piperidine rings is 1. The van der Waals surface area contributed by atoms with Gasteiger partial charge in [0.05, 0.1) is 16.0 Å². The molecule has 220 valence electrons. The number of halogens is 3. The average molecular weight is 598 g/mol. The highest BCUT2D eigenvalue weighted by molar-refractivity contribution is 7.89. The van der Waals surface area contributed by atoms with Crippen molar-refractivity contribution in [2.45, 2.75) is 36.5 Å². The number of sulfonamides is 1. The van der Waals surface area contributed by atoms with Crippen molar-refractivity contribution in [3.8, 4) is 17.2 Å². The van der Waals surface area contributed by atoms with Crippen LogP contribution < -0.4 is 5.32 Å². The van der Waals surface area contributed by atoms with Crippen LogP contribution in [0.3, 0.4) is 0 Å². The molecule has 42 heavy (non-hydrogen) atoms. The fraction of sp³-hybridized carbons (Fsp3) is 0.345. The Kier molecular flexibility index (Phi) is 8.23. The molecule has 13 heteroatoms. The number of benzene rings is 1. The summed E-state index contributed by atoms with van der Waals surface area (Å²) in [5.41, 5.74) is 1.99. The van der Waals surface area contributed by atoms with Gasteiger partial charge < -0.3 is 14.8 Å². The second kappa shape index (κ2) is 11.7. The quantitative estimate of drug-likeness (QED) is 0.311. The summed E-state index contributed by atoms with van der Waals surface area (Å²) >= 11 is 0. The van der Waals surface area contributed by atoms with Crippen LogP contribution >= 0.6 is 0 Å². The number of nitrogens with zero attached hydrogens (tertiary/aromatic N) is 6. The summed E-state index contributed by atoms with van der Waals surface area (Å²) in [6.45, 7) is 2.04. The summed E-state index contributed by atoms with van der Waals surface area (Å²) < 4.78 is 68.4. The van der Waals surface area contributed by atoms with Crippen molar-refractivity contribution in [2.24, 2.45) is 0 Å². The van der Waals surface area contributed by atoms with Crippen LogP contribution in [-0.4, -0.2) is 71.9 Å². The summed E-state index contributed by atoms with van der Waals surface area (Å²) in [5.74, 6) is 0.319. The molecule has 3 aromatic heterocycles. The number of nitriles is 1. The zero-order chi connectivity index (χ0) is 30.1. The highest BCUT2D eigenvalue weighted by atomic mass is 32.2. The molecule has 5 rings (SSSR count).